The maximum atomic E-state index is 11.6. The van der Waals surface area contributed by atoms with Crippen molar-refractivity contribution in [2.45, 2.75) is 12.6 Å². The van der Waals surface area contributed by atoms with Crippen LogP contribution in [-0.4, -0.2) is 36.8 Å². The van der Waals surface area contributed by atoms with E-state index < -0.39 is 18.7 Å². The Morgan fingerprint density at radius 3 is 2.53 bits per heavy atom. The number of carbonyl (C=O) groups excluding carboxylic acids is 1. The summed E-state index contributed by atoms with van der Waals surface area (Å²) in [6.45, 7) is -1.61. The standard InChI is InChI=1S/C7H11F3N2O2S/c8-7(9,10)4-14-2-1-6(13)12-3-5(11)15/h1-4H2,(H2,11,15)(H,12,13). The first-order chi connectivity index (χ1) is 6.81. The Kier molecular flexibility index (Phi) is 6.18. The second kappa shape index (κ2) is 6.57. The van der Waals surface area contributed by atoms with Crippen LogP contribution in [0.3, 0.4) is 0 Å². The first-order valence-corrected chi connectivity index (χ1v) is 4.41. The van der Waals surface area contributed by atoms with Gasteiger partial charge in [-0.2, -0.15) is 13.2 Å². The third kappa shape index (κ3) is 11.0. The summed E-state index contributed by atoms with van der Waals surface area (Å²) in [6.07, 6.45) is -4.52. The van der Waals surface area contributed by atoms with E-state index in [1.165, 1.54) is 0 Å². The summed E-state index contributed by atoms with van der Waals surface area (Å²) in [5, 5.41) is 2.31. The van der Waals surface area contributed by atoms with Crippen LogP contribution in [0.2, 0.25) is 0 Å². The maximum Gasteiger partial charge on any atom is 0.411 e. The van der Waals surface area contributed by atoms with Gasteiger partial charge in [0, 0.05) is 6.42 Å². The molecule has 0 aromatic rings. The molecule has 0 fully saturated rings. The largest absolute Gasteiger partial charge is 0.411 e. The molecule has 0 aromatic heterocycles. The summed E-state index contributed by atoms with van der Waals surface area (Å²) in [5.41, 5.74) is 5.09. The average molecular weight is 244 g/mol. The fourth-order valence-electron chi connectivity index (χ4n) is 0.627. The number of ether oxygens (including phenoxy) is 1. The molecule has 0 heterocycles. The molecule has 0 saturated carbocycles. The zero-order valence-corrected chi connectivity index (χ0v) is 8.58. The van der Waals surface area contributed by atoms with Crippen LogP contribution in [0, 0.1) is 0 Å². The number of amides is 1. The number of rotatable bonds is 6. The SMILES string of the molecule is NC(=S)CNC(=O)CCOCC(F)(F)F. The number of halogens is 3. The molecule has 0 unspecified atom stereocenters. The van der Waals surface area contributed by atoms with Gasteiger partial charge in [-0.15, -0.1) is 0 Å². The normalized spacial score (nSPS) is 11.1. The Morgan fingerprint density at radius 2 is 2.07 bits per heavy atom. The van der Waals surface area contributed by atoms with E-state index in [9.17, 15) is 18.0 Å². The number of carbonyl (C=O) groups is 1. The van der Waals surface area contributed by atoms with E-state index in [2.05, 4.69) is 22.3 Å². The third-order valence-electron chi connectivity index (χ3n) is 1.20. The fraction of sp³-hybridized carbons (Fsp3) is 0.714. The molecule has 0 aliphatic heterocycles. The molecule has 15 heavy (non-hydrogen) atoms. The highest BCUT2D eigenvalue weighted by Crippen LogP contribution is 2.14. The zero-order valence-electron chi connectivity index (χ0n) is 7.76. The van der Waals surface area contributed by atoms with E-state index in [-0.39, 0.29) is 24.6 Å². The molecule has 0 bridgehead atoms. The van der Waals surface area contributed by atoms with Crippen LogP contribution in [-0.2, 0) is 9.53 Å². The highest BCUT2D eigenvalue weighted by Gasteiger charge is 2.27. The Morgan fingerprint density at radius 1 is 1.47 bits per heavy atom. The molecule has 0 atom stereocenters. The van der Waals surface area contributed by atoms with E-state index >= 15 is 0 Å². The number of nitrogens with two attached hydrogens (primary N) is 1. The summed E-state index contributed by atoms with van der Waals surface area (Å²) in [7, 11) is 0. The van der Waals surface area contributed by atoms with E-state index in [1.807, 2.05) is 0 Å². The highest BCUT2D eigenvalue weighted by molar-refractivity contribution is 7.80. The smallest absolute Gasteiger partial charge is 0.392 e. The van der Waals surface area contributed by atoms with Gasteiger partial charge in [-0.1, -0.05) is 12.2 Å². The molecule has 1 amide bonds. The van der Waals surface area contributed by atoms with E-state index in [0.717, 1.165) is 0 Å². The number of hydrogen-bond acceptors (Lipinski definition) is 3. The van der Waals surface area contributed by atoms with Crippen LogP contribution in [0.25, 0.3) is 0 Å². The fourth-order valence-corrected chi connectivity index (χ4v) is 0.699. The van der Waals surface area contributed by atoms with Crippen molar-refractivity contribution in [3.05, 3.63) is 0 Å². The van der Waals surface area contributed by atoms with Crippen LogP contribution >= 0.6 is 12.2 Å². The van der Waals surface area contributed by atoms with Gasteiger partial charge in [-0.3, -0.25) is 4.79 Å². The first-order valence-electron chi connectivity index (χ1n) is 4.01. The monoisotopic (exact) mass is 244 g/mol. The van der Waals surface area contributed by atoms with Gasteiger partial charge in [0.05, 0.1) is 18.1 Å². The van der Waals surface area contributed by atoms with Crippen molar-refractivity contribution < 1.29 is 22.7 Å². The van der Waals surface area contributed by atoms with Crippen LogP contribution in [0.5, 0.6) is 0 Å². The molecule has 0 saturated heterocycles. The van der Waals surface area contributed by atoms with E-state index in [4.69, 9.17) is 5.73 Å². The van der Waals surface area contributed by atoms with Gasteiger partial charge in [-0.25, -0.2) is 0 Å². The molecule has 88 valence electrons. The second-order valence-corrected chi connectivity index (χ2v) is 3.19. The van der Waals surface area contributed by atoms with Crippen molar-refractivity contribution in [1.29, 1.82) is 0 Å². The number of alkyl halides is 3. The van der Waals surface area contributed by atoms with Crippen LogP contribution in [0.1, 0.15) is 6.42 Å². The predicted octanol–water partition coefficient (Wildman–Crippen LogP) is 0.358. The van der Waals surface area contributed by atoms with Crippen molar-refractivity contribution in [2.24, 2.45) is 5.73 Å². The number of hydrogen-bond donors (Lipinski definition) is 2. The Balaban J connectivity index is 3.44. The molecule has 0 rings (SSSR count). The molecular formula is C7H11F3N2O2S. The molecule has 4 nitrogen and oxygen atoms in total. The molecule has 0 aliphatic carbocycles. The lowest BCUT2D eigenvalue weighted by atomic mass is 10.4. The quantitative estimate of drug-likeness (QED) is 0.523. The van der Waals surface area contributed by atoms with Crippen molar-refractivity contribution in [1.82, 2.24) is 5.32 Å². The van der Waals surface area contributed by atoms with Gasteiger partial charge in [-0.05, 0) is 0 Å². The molecule has 0 aliphatic rings. The van der Waals surface area contributed by atoms with Gasteiger partial charge < -0.3 is 15.8 Å². The van der Waals surface area contributed by atoms with Crippen LogP contribution in [0.4, 0.5) is 13.2 Å². The summed E-state index contributed by atoms with van der Waals surface area (Å²) in [4.78, 5) is 11.0. The minimum Gasteiger partial charge on any atom is -0.392 e. The van der Waals surface area contributed by atoms with Crippen molar-refractivity contribution in [3.8, 4) is 0 Å². The highest BCUT2D eigenvalue weighted by atomic mass is 32.1. The minimum atomic E-state index is -4.37. The number of nitrogens with one attached hydrogen (secondary N) is 1. The van der Waals surface area contributed by atoms with Gasteiger partial charge in [0.15, 0.2) is 0 Å². The topological polar surface area (TPSA) is 64.3 Å². The molecule has 8 heteroatoms. The van der Waals surface area contributed by atoms with Crippen molar-refractivity contribution >= 4 is 23.1 Å². The van der Waals surface area contributed by atoms with Crippen LogP contribution < -0.4 is 11.1 Å². The lowest BCUT2D eigenvalue weighted by molar-refractivity contribution is -0.174. The molecule has 0 aromatic carbocycles. The lowest BCUT2D eigenvalue weighted by Gasteiger charge is -2.07. The lowest BCUT2D eigenvalue weighted by Crippen LogP contribution is -2.33. The Bertz CT molecular complexity index is 233. The maximum absolute atomic E-state index is 11.6. The summed E-state index contributed by atoms with van der Waals surface area (Å²) in [5.74, 6) is -0.454. The second-order valence-electron chi connectivity index (χ2n) is 2.66. The van der Waals surface area contributed by atoms with Crippen LogP contribution in [0.15, 0.2) is 0 Å². The zero-order chi connectivity index (χ0) is 11.9. The predicted molar refractivity (Wildman–Crippen MR) is 51.3 cm³/mol. The van der Waals surface area contributed by atoms with E-state index in [1.54, 1.807) is 0 Å². The van der Waals surface area contributed by atoms with Gasteiger partial charge in [0.2, 0.25) is 5.91 Å². The van der Waals surface area contributed by atoms with E-state index in [0.29, 0.717) is 0 Å². The first kappa shape index (κ1) is 14.1. The molecule has 3 N–H and O–H groups in total. The summed E-state index contributed by atoms with van der Waals surface area (Å²) < 4.78 is 38.9. The average Bonchev–Trinajstić information content (AvgIpc) is 2.07. The van der Waals surface area contributed by atoms with Gasteiger partial charge >= 0.3 is 6.18 Å². The number of thiocarbonyl (C=S) groups is 1. The minimum absolute atomic E-state index is 0.0352. The molecular weight excluding hydrogens is 233 g/mol. The molecule has 0 radical (unpaired) electrons. The van der Waals surface area contributed by atoms with Crippen molar-refractivity contribution in [2.75, 3.05) is 19.8 Å². The van der Waals surface area contributed by atoms with Gasteiger partial charge in [0.1, 0.15) is 6.61 Å². The van der Waals surface area contributed by atoms with Gasteiger partial charge in [0.25, 0.3) is 0 Å². The molecule has 0 spiro atoms. The van der Waals surface area contributed by atoms with Crippen molar-refractivity contribution in [3.63, 3.8) is 0 Å². The Labute approximate surface area is 89.9 Å². The summed E-state index contributed by atoms with van der Waals surface area (Å²) >= 11 is 4.48. The Hall–Kier alpha value is -0.890. The summed E-state index contributed by atoms with van der Waals surface area (Å²) in [6, 6.07) is 0. The third-order valence-corrected chi connectivity index (χ3v) is 1.34.